The number of aromatic nitrogens is 2. The van der Waals surface area contributed by atoms with Crippen LogP contribution in [0.3, 0.4) is 0 Å². The van der Waals surface area contributed by atoms with Crippen LogP contribution in [0.4, 0.5) is 0 Å². The van der Waals surface area contributed by atoms with E-state index in [4.69, 9.17) is 27.2 Å². The van der Waals surface area contributed by atoms with Crippen molar-refractivity contribution in [2.45, 2.75) is 24.4 Å². The SMILES string of the molecule is Cn1cc([C@@H]2O[C@H](COP(=O)(Cl)Cl)[C@H](O)C2O)c(=O)[nH]c1=O. The molecule has 0 saturated carbocycles. The molecule has 0 aliphatic carbocycles. The number of nitrogens with one attached hydrogen (secondary N) is 1. The van der Waals surface area contributed by atoms with Gasteiger partial charge in [0.2, 0.25) is 0 Å². The Balaban J connectivity index is 2.23. The Labute approximate surface area is 133 Å². The molecule has 1 aliphatic heterocycles. The summed E-state index contributed by atoms with van der Waals surface area (Å²) in [7, 11) is 1.40. The summed E-state index contributed by atoms with van der Waals surface area (Å²) in [6.07, 6.45) is -7.78. The van der Waals surface area contributed by atoms with E-state index in [1.807, 2.05) is 0 Å². The van der Waals surface area contributed by atoms with E-state index in [9.17, 15) is 24.4 Å². The summed E-state index contributed by atoms with van der Waals surface area (Å²) in [5.74, 6) is 0. The number of aromatic amines is 1. The Bertz CT molecular complexity index is 714. The van der Waals surface area contributed by atoms with Gasteiger partial charge >= 0.3 is 11.8 Å². The minimum atomic E-state index is -3.82. The van der Waals surface area contributed by atoms with Gasteiger partial charge in [-0.05, 0) is 22.5 Å². The Morgan fingerprint density at radius 3 is 2.64 bits per heavy atom. The number of ether oxygens (including phenoxy) is 1. The fourth-order valence-electron chi connectivity index (χ4n) is 2.09. The van der Waals surface area contributed by atoms with Crippen molar-refractivity contribution in [3.8, 4) is 0 Å². The van der Waals surface area contributed by atoms with E-state index in [0.717, 1.165) is 4.57 Å². The fourth-order valence-corrected chi connectivity index (χ4v) is 2.75. The summed E-state index contributed by atoms with van der Waals surface area (Å²) in [6.45, 7) is -0.442. The molecule has 0 radical (unpaired) electrons. The molecule has 12 heteroatoms. The van der Waals surface area contributed by atoms with Gasteiger partial charge in [0.15, 0.2) is 0 Å². The van der Waals surface area contributed by atoms with Crippen LogP contribution in [0.1, 0.15) is 11.7 Å². The summed E-state index contributed by atoms with van der Waals surface area (Å²) in [5.41, 5.74) is -1.43. The topological polar surface area (TPSA) is 131 Å². The average Bonchev–Trinajstić information content (AvgIpc) is 2.68. The summed E-state index contributed by atoms with van der Waals surface area (Å²) in [5, 5.41) is 19.9. The van der Waals surface area contributed by atoms with E-state index >= 15 is 0 Å². The maximum atomic E-state index is 11.8. The number of aliphatic hydroxyl groups excluding tert-OH is 2. The third-order valence-corrected chi connectivity index (χ3v) is 4.23. The molecule has 0 amide bonds. The van der Waals surface area contributed by atoms with Crippen molar-refractivity contribution >= 4 is 28.6 Å². The maximum absolute atomic E-state index is 11.8. The first kappa shape index (κ1) is 17.7. The van der Waals surface area contributed by atoms with Gasteiger partial charge < -0.3 is 24.0 Å². The summed E-state index contributed by atoms with van der Waals surface area (Å²) >= 11 is 10.4. The highest BCUT2D eigenvalue weighted by Gasteiger charge is 2.45. The molecular weight excluding hydrogens is 362 g/mol. The van der Waals surface area contributed by atoms with Crippen molar-refractivity contribution in [1.82, 2.24) is 9.55 Å². The van der Waals surface area contributed by atoms with E-state index in [1.54, 1.807) is 0 Å². The lowest BCUT2D eigenvalue weighted by Crippen LogP contribution is -2.35. The van der Waals surface area contributed by atoms with Crippen molar-refractivity contribution in [2.24, 2.45) is 7.05 Å². The highest BCUT2D eigenvalue weighted by molar-refractivity contribution is 8.05. The van der Waals surface area contributed by atoms with Crippen molar-refractivity contribution in [1.29, 1.82) is 0 Å². The lowest BCUT2D eigenvalue weighted by Gasteiger charge is -2.14. The number of hydrogen-bond donors (Lipinski definition) is 3. The molecule has 0 bridgehead atoms. The van der Waals surface area contributed by atoms with Crippen molar-refractivity contribution < 1.29 is 24.0 Å². The smallest absolute Gasteiger partial charge is 0.380 e. The molecule has 1 fully saturated rings. The van der Waals surface area contributed by atoms with Crippen LogP contribution in [0.5, 0.6) is 0 Å². The van der Waals surface area contributed by atoms with Crippen molar-refractivity contribution in [3.63, 3.8) is 0 Å². The zero-order valence-corrected chi connectivity index (χ0v) is 13.6. The number of H-pyrrole nitrogens is 1. The van der Waals surface area contributed by atoms with E-state index in [2.05, 4.69) is 9.51 Å². The first-order valence-electron chi connectivity index (χ1n) is 6.05. The largest absolute Gasteiger partial charge is 0.387 e. The Kier molecular flexibility index (Phi) is 5.18. The molecule has 0 aromatic carbocycles. The minimum Gasteiger partial charge on any atom is -0.387 e. The number of rotatable bonds is 4. The second-order valence-corrected chi connectivity index (χ2v) is 9.02. The number of aryl methyl sites for hydroxylation is 1. The van der Waals surface area contributed by atoms with Crippen LogP contribution in [0, 0.1) is 0 Å². The molecule has 4 atom stereocenters. The van der Waals surface area contributed by atoms with E-state index in [-0.39, 0.29) is 5.56 Å². The highest BCUT2D eigenvalue weighted by atomic mass is 35.9. The van der Waals surface area contributed by atoms with Gasteiger partial charge in [-0.1, -0.05) is 0 Å². The summed E-state index contributed by atoms with van der Waals surface area (Å²) in [6, 6.07) is 0. The van der Waals surface area contributed by atoms with Crippen LogP contribution in [-0.2, 0) is 20.9 Å². The first-order valence-corrected chi connectivity index (χ1v) is 9.49. The number of halogens is 2. The van der Waals surface area contributed by atoms with Crippen molar-refractivity contribution in [2.75, 3.05) is 6.61 Å². The van der Waals surface area contributed by atoms with E-state index < -0.39 is 48.3 Å². The summed E-state index contributed by atoms with van der Waals surface area (Å²) in [4.78, 5) is 25.2. The number of nitrogens with zero attached hydrogens (tertiary/aromatic N) is 1. The van der Waals surface area contributed by atoms with Gasteiger partial charge in [0.1, 0.15) is 24.4 Å². The van der Waals surface area contributed by atoms with E-state index in [1.165, 1.54) is 13.2 Å². The quantitative estimate of drug-likeness (QED) is 0.623. The molecule has 1 aliphatic rings. The Morgan fingerprint density at radius 1 is 1.41 bits per heavy atom. The third kappa shape index (κ3) is 3.80. The molecule has 3 N–H and O–H groups in total. The normalized spacial score (nSPS) is 29.0. The Morgan fingerprint density at radius 2 is 2.05 bits per heavy atom. The van der Waals surface area contributed by atoms with Gasteiger partial charge in [-0.25, -0.2) is 4.79 Å². The second-order valence-electron chi connectivity index (χ2n) is 4.74. The van der Waals surface area contributed by atoms with E-state index in [0.29, 0.717) is 0 Å². The van der Waals surface area contributed by atoms with Crippen LogP contribution in [0.15, 0.2) is 15.8 Å². The lowest BCUT2D eigenvalue weighted by atomic mass is 10.0. The number of aliphatic hydroxyl groups is 2. The molecule has 22 heavy (non-hydrogen) atoms. The summed E-state index contributed by atoms with van der Waals surface area (Å²) < 4.78 is 22.1. The fraction of sp³-hybridized carbons (Fsp3) is 0.600. The van der Waals surface area contributed by atoms with Gasteiger partial charge in [0, 0.05) is 13.2 Å². The maximum Gasteiger partial charge on any atom is 0.380 e. The highest BCUT2D eigenvalue weighted by Crippen LogP contribution is 2.57. The van der Waals surface area contributed by atoms with Crippen molar-refractivity contribution in [3.05, 3.63) is 32.6 Å². The molecule has 1 unspecified atom stereocenters. The molecule has 9 nitrogen and oxygen atoms in total. The molecule has 2 heterocycles. The molecule has 1 aromatic heterocycles. The lowest BCUT2D eigenvalue weighted by molar-refractivity contribution is -0.0159. The minimum absolute atomic E-state index is 0.0453. The van der Waals surface area contributed by atoms with Gasteiger partial charge in [0.05, 0.1) is 12.2 Å². The Hall–Kier alpha value is -0.670. The zero-order valence-electron chi connectivity index (χ0n) is 11.2. The standard InChI is InChI=1S/C10H13Cl2N2O7P/c1-14-2-4(9(17)13-10(14)18)8-7(16)6(15)5(21-8)3-20-22(11,12)19/h2,5-8,15-16H,3H2,1H3,(H,13,17,18)/t5-,6+,7?,8+/m1/s1. The monoisotopic (exact) mass is 374 g/mol. The van der Waals surface area contributed by atoms with Crippen LogP contribution < -0.4 is 11.2 Å². The first-order chi connectivity index (χ1) is 10.1. The molecular formula is C10H13Cl2N2O7P. The zero-order chi connectivity index (χ0) is 16.7. The average molecular weight is 375 g/mol. The predicted octanol–water partition coefficient (Wildman–Crippen LogP) is -0.162. The number of hydrogen-bond acceptors (Lipinski definition) is 7. The van der Waals surface area contributed by atoms with Crippen LogP contribution in [0.25, 0.3) is 0 Å². The molecule has 0 spiro atoms. The van der Waals surface area contributed by atoms with Gasteiger partial charge in [-0.15, -0.1) is 0 Å². The van der Waals surface area contributed by atoms with Gasteiger partial charge in [0.25, 0.3) is 5.56 Å². The van der Waals surface area contributed by atoms with Gasteiger partial charge in [-0.3, -0.25) is 14.3 Å². The third-order valence-electron chi connectivity index (χ3n) is 3.19. The van der Waals surface area contributed by atoms with Crippen LogP contribution in [0.2, 0.25) is 0 Å². The van der Waals surface area contributed by atoms with Gasteiger partial charge in [-0.2, -0.15) is 0 Å². The van der Waals surface area contributed by atoms with Crippen LogP contribution >= 0.6 is 28.6 Å². The predicted molar refractivity (Wildman–Crippen MR) is 77.2 cm³/mol. The van der Waals surface area contributed by atoms with Crippen LogP contribution in [-0.4, -0.2) is 44.7 Å². The molecule has 124 valence electrons. The second kappa shape index (κ2) is 6.45. The molecule has 1 saturated heterocycles. The molecule has 2 rings (SSSR count). The molecule has 1 aromatic rings.